The Balaban J connectivity index is 2.12. The Bertz CT molecular complexity index is 423. The molecule has 0 bridgehead atoms. The largest absolute Gasteiger partial charge is 0.319 e. The molecule has 0 amide bonds. The van der Waals surface area contributed by atoms with Gasteiger partial charge in [-0.2, -0.15) is 0 Å². The molecule has 1 aliphatic heterocycles. The lowest BCUT2D eigenvalue weighted by Gasteiger charge is -2.39. The number of nitrogens with two attached hydrogens (primary N) is 1. The Morgan fingerprint density at radius 3 is 2.32 bits per heavy atom. The molecule has 1 fully saturated rings. The molecule has 0 saturated carbocycles. The van der Waals surface area contributed by atoms with Crippen LogP contribution in [0, 0.1) is 0 Å². The first-order chi connectivity index (χ1) is 8.72. The van der Waals surface area contributed by atoms with Gasteiger partial charge in [-0.15, -0.1) is 11.3 Å². The van der Waals surface area contributed by atoms with Crippen molar-refractivity contribution in [3.8, 4) is 0 Å². The van der Waals surface area contributed by atoms with Crippen LogP contribution in [0.3, 0.4) is 0 Å². The second-order valence-electron chi connectivity index (χ2n) is 7.07. The molecule has 0 spiro atoms. The summed E-state index contributed by atoms with van der Waals surface area (Å²) >= 11 is 1.74. The van der Waals surface area contributed by atoms with Gasteiger partial charge >= 0.3 is 0 Å². The first kappa shape index (κ1) is 14.9. The lowest BCUT2D eigenvalue weighted by molar-refractivity contribution is 0.131. The molecule has 108 valence electrons. The molecule has 2 heterocycles. The maximum absolute atomic E-state index is 6.62. The predicted molar refractivity (Wildman–Crippen MR) is 82.6 cm³/mol. The van der Waals surface area contributed by atoms with Gasteiger partial charge in [0, 0.05) is 29.9 Å². The standard InChI is InChI=1S/C15H27N3S/c1-11(2)18-8-6-15(16,7-9-18)13-17-12(10-19-13)14(3,4)5/h10-11H,6-9,16H2,1-5H3. The van der Waals surface area contributed by atoms with Crippen molar-refractivity contribution in [2.24, 2.45) is 5.73 Å². The summed E-state index contributed by atoms with van der Waals surface area (Å²) < 4.78 is 0. The molecule has 1 aromatic heterocycles. The number of thiazole rings is 1. The van der Waals surface area contributed by atoms with E-state index in [4.69, 9.17) is 10.7 Å². The molecule has 0 radical (unpaired) electrons. The van der Waals surface area contributed by atoms with Crippen LogP contribution in [0.25, 0.3) is 0 Å². The molecule has 19 heavy (non-hydrogen) atoms. The Morgan fingerprint density at radius 1 is 1.32 bits per heavy atom. The zero-order chi connectivity index (χ0) is 14.3. The number of likely N-dealkylation sites (tertiary alicyclic amines) is 1. The van der Waals surface area contributed by atoms with E-state index in [0.29, 0.717) is 6.04 Å². The van der Waals surface area contributed by atoms with Crippen LogP contribution >= 0.6 is 11.3 Å². The molecule has 1 aromatic rings. The first-order valence-electron chi connectivity index (χ1n) is 7.22. The van der Waals surface area contributed by atoms with Crippen molar-refractivity contribution in [2.75, 3.05) is 13.1 Å². The van der Waals surface area contributed by atoms with Gasteiger partial charge in [-0.25, -0.2) is 4.98 Å². The van der Waals surface area contributed by atoms with Crippen LogP contribution in [0.2, 0.25) is 0 Å². The highest BCUT2D eigenvalue weighted by Crippen LogP contribution is 2.35. The zero-order valence-corrected chi connectivity index (χ0v) is 13.7. The highest BCUT2D eigenvalue weighted by molar-refractivity contribution is 7.09. The van der Waals surface area contributed by atoms with Gasteiger partial charge in [-0.3, -0.25) is 0 Å². The lowest BCUT2D eigenvalue weighted by atomic mass is 9.88. The quantitative estimate of drug-likeness (QED) is 0.906. The third kappa shape index (κ3) is 3.18. The molecule has 0 aliphatic carbocycles. The van der Waals surface area contributed by atoms with Crippen LogP contribution < -0.4 is 5.73 Å². The SMILES string of the molecule is CC(C)N1CCC(N)(c2nc(C(C)(C)C)cs2)CC1. The van der Waals surface area contributed by atoms with Gasteiger partial charge in [-0.05, 0) is 26.7 Å². The summed E-state index contributed by atoms with van der Waals surface area (Å²) in [4.78, 5) is 7.33. The van der Waals surface area contributed by atoms with Crippen molar-refractivity contribution in [3.05, 3.63) is 16.1 Å². The van der Waals surface area contributed by atoms with Crippen LogP contribution in [0.15, 0.2) is 5.38 Å². The zero-order valence-electron chi connectivity index (χ0n) is 12.9. The third-order valence-electron chi connectivity index (χ3n) is 4.12. The first-order valence-corrected chi connectivity index (χ1v) is 8.10. The smallest absolute Gasteiger partial charge is 0.113 e. The Hall–Kier alpha value is -0.450. The van der Waals surface area contributed by atoms with Gasteiger partial charge in [0.25, 0.3) is 0 Å². The highest BCUT2D eigenvalue weighted by Gasteiger charge is 2.36. The molecule has 1 aliphatic rings. The summed E-state index contributed by atoms with van der Waals surface area (Å²) in [5.74, 6) is 0. The minimum Gasteiger partial charge on any atom is -0.319 e. The molecule has 1 saturated heterocycles. The maximum atomic E-state index is 6.62. The molecule has 0 unspecified atom stereocenters. The Labute approximate surface area is 121 Å². The fourth-order valence-corrected chi connectivity index (χ4v) is 3.72. The van der Waals surface area contributed by atoms with E-state index in [2.05, 4.69) is 44.9 Å². The summed E-state index contributed by atoms with van der Waals surface area (Å²) in [5.41, 5.74) is 7.70. The predicted octanol–water partition coefficient (Wildman–Crippen LogP) is 3.10. The van der Waals surface area contributed by atoms with E-state index >= 15 is 0 Å². The van der Waals surface area contributed by atoms with Crippen molar-refractivity contribution in [3.63, 3.8) is 0 Å². The molecular formula is C15H27N3S. The van der Waals surface area contributed by atoms with E-state index in [9.17, 15) is 0 Å². The van der Waals surface area contributed by atoms with Crippen LogP contribution in [-0.4, -0.2) is 29.0 Å². The topological polar surface area (TPSA) is 42.1 Å². The summed E-state index contributed by atoms with van der Waals surface area (Å²) in [5, 5.41) is 3.31. The molecule has 2 N–H and O–H groups in total. The third-order valence-corrected chi connectivity index (χ3v) is 5.18. The molecule has 0 aromatic carbocycles. The van der Waals surface area contributed by atoms with Crippen LogP contribution in [0.1, 0.15) is 58.2 Å². The van der Waals surface area contributed by atoms with E-state index in [-0.39, 0.29) is 11.0 Å². The molecule has 2 rings (SSSR count). The summed E-state index contributed by atoms with van der Waals surface area (Å²) in [6.45, 7) is 13.3. The van der Waals surface area contributed by atoms with Crippen molar-refractivity contribution in [1.82, 2.24) is 9.88 Å². The molecule has 3 nitrogen and oxygen atoms in total. The second-order valence-corrected chi connectivity index (χ2v) is 7.93. The molecule has 0 atom stereocenters. The monoisotopic (exact) mass is 281 g/mol. The number of rotatable bonds is 2. The van der Waals surface area contributed by atoms with Crippen molar-refractivity contribution >= 4 is 11.3 Å². The van der Waals surface area contributed by atoms with E-state index in [1.54, 1.807) is 11.3 Å². The minimum absolute atomic E-state index is 0.115. The van der Waals surface area contributed by atoms with Crippen LogP contribution in [0.5, 0.6) is 0 Å². The van der Waals surface area contributed by atoms with Gasteiger partial charge < -0.3 is 10.6 Å². The second kappa shape index (κ2) is 5.15. The van der Waals surface area contributed by atoms with Gasteiger partial charge in [0.2, 0.25) is 0 Å². The van der Waals surface area contributed by atoms with Crippen LogP contribution in [0.4, 0.5) is 0 Å². The van der Waals surface area contributed by atoms with E-state index in [1.807, 2.05) is 0 Å². The van der Waals surface area contributed by atoms with Crippen molar-refractivity contribution in [2.45, 2.75) is 64.5 Å². The summed E-state index contributed by atoms with van der Waals surface area (Å²) in [6, 6.07) is 0.617. The Morgan fingerprint density at radius 2 is 1.89 bits per heavy atom. The maximum Gasteiger partial charge on any atom is 0.113 e. The van der Waals surface area contributed by atoms with Gasteiger partial charge in [0.15, 0.2) is 0 Å². The van der Waals surface area contributed by atoms with Crippen LogP contribution in [-0.2, 0) is 11.0 Å². The minimum atomic E-state index is -0.209. The Kier molecular flexibility index (Phi) is 4.05. The molecule has 4 heteroatoms. The number of nitrogens with zero attached hydrogens (tertiary/aromatic N) is 2. The summed E-state index contributed by atoms with van der Waals surface area (Å²) in [6.07, 6.45) is 2.03. The number of piperidine rings is 1. The lowest BCUT2D eigenvalue weighted by Crippen LogP contribution is -2.49. The normalized spacial score (nSPS) is 21.0. The summed E-state index contributed by atoms with van der Waals surface area (Å²) in [7, 11) is 0. The number of hydrogen-bond acceptors (Lipinski definition) is 4. The van der Waals surface area contributed by atoms with E-state index in [1.165, 1.54) is 5.69 Å². The van der Waals surface area contributed by atoms with Gasteiger partial charge in [0.1, 0.15) is 5.01 Å². The average Bonchev–Trinajstić information content (AvgIpc) is 2.79. The highest BCUT2D eigenvalue weighted by atomic mass is 32.1. The number of aromatic nitrogens is 1. The fraction of sp³-hybridized carbons (Fsp3) is 0.800. The molecular weight excluding hydrogens is 254 g/mol. The van der Waals surface area contributed by atoms with E-state index < -0.39 is 0 Å². The van der Waals surface area contributed by atoms with Crippen molar-refractivity contribution < 1.29 is 0 Å². The van der Waals surface area contributed by atoms with Gasteiger partial charge in [-0.1, -0.05) is 20.8 Å². The average molecular weight is 281 g/mol. The van der Waals surface area contributed by atoms with E-state index in [0.717, 1.165) is 30.9 Å². The number of hydrogen-bond donors (Lipinski definition) is 1. The van der Waals surface area contributed by atoms with Gasteiger partial charge in [0.05, 0.1) is 11.2 Å². The fourth-order valence-electron chi connectivity index (χ4n) is 2.50. The van der Waals surface area contributed by atoms with Crippen molar-refractivity contribution in [1.29, 1.82) is 0 Å².